The summed E-state index contributed by atoms with van der Waals surface area (Å²) in [5.74, 6) is -0.396. The molecule has 0 fully saturated rings. The van der Waals surface area contributed by atoms with Crippen molar-refractivity contribution in [2.24, 2.45) is 0 Å². The fourth-order valence-corrected chi connectivity index (χ4v) is 2.24. The molecule has 0 saturated carbocycles. The summed E-state index contributed by atoms with van der Waals surface area (Å²) < 4.78 is 13.6. The van der Waals surface area contributed by atoms with Crippen LogP contribution in [-0.2, 0) is 0 Å². The highest BCUT2D eigenvalue weighted by Crippen LogP contribution is 2.16. The molecule has 0 N–H and O–H groups in total. The van der Waals surface area contributed by atoms with Gasteiger partial charge in [-0.15, -0.1) is 11.6 Å². The van der Waals surface area contributed by atoms with Crippen molar-refractivity contribution in [1.29, 1.82) is 0 Å². The number of hydrogen-bond donors (Lipinski definition) is 0. The molecule has 100 valence electrons. The number of halogens is 2. The van der Waals surface area contributed by atoms with Crippen LogP contribution >= 0.6 is 11.6 Å². The Hall–Kier alpha value is -1.09. The summed E-state index contributed by atoms with van der Waals surface area (Å²) in [6.07, 6.45) is 1.68. The topological polar surface area (TPSA) is 20.3 Å². The summed E-state index contributed by atoms with van der Waals surface area (Å²) >= 11 is 5.74. The normalized spacial score (nSPS) is 10.7. The number of alkyl halides is 1. The van der Waals surface area contributed by atoms with Crippen LogP contribution in [-0.4, -0.2) is 29.3 Å². The van der Waals surface area contributed by atoms with E-state index in [4.69, 9.17) is 11.6 Å². The summed E-state index contributed by atoms with van der Waals surface area (Å²) in [7, 11) is 0. The first-order chi connectivity index (χ1) is 8.65. The quantitative estimate of drug-likeness (QED) is 0.723. The molecular formula is C14H19ClFNO. The summed E-state index contributed by atoms with van der Waals surface area (Å²) in [6, 6.07) is 6.17. The summed E-state index contributed by atoms with van der Waals surface area (Å²) in [5.41, 5.74) is 0.120. The second kappa shape index (κ2) is 7.37. The zero-order valence-corrected chi connectivity index (χ0v) is 11.6. The van der Waals surface area contributed by atoms with Gasteiger partial charge in [0.05, 0.1) is 5.56 Å². The third kappa shape index (κ3) is 3.45. The molecule has 1 amide bonds. The molecule has 0 aliphatic carbocycles. The first-order valence-corrected chi connectivity index (χ1v) is 6.80. The van der Waals surface area contributed by atoms with Gasteiger partial charge in [-0.25, -0.2) is 4.39 Å². The third-order valence-corrected chi connectivity index (χ3v) is 3.24. The highest BCUT2D eigenvalue weighted by Gasteiger charge is 2.23. The molecule has 0 radical (unpaired) electrons. The first-order valence-electron chi connectivity index (χ1n) is 6.27. The fourth-order valence-electron chi connectivity index (χ4n) is 2.06. The minimum atomic E-state index is -0.479. The standard InChI is InChI=1S/C14H19ClFNO/c1-3-11(4-2)17(10-9-15)14(18)12-7-5-6-8-13(12)16/h5-8,11H,3-4,9-10H2,1-2H3. The molecule has 0 heterocycles. The zero-order chi connectivity index (χ0) is 13.5. The minimum Gasteiger partial charge on any atom is -0.334 e. The van der Waals surface area contributed by atoms with Crippen molar-refractivity contribution >= 4 is 17.5 Å². The van der Waals surface area contributed by atoms with Crippen LogP contribution in [0.25, 0.3) is 0 Å². The molecule has 0 bridgehead atoms. The van der Waals surface area contributed by atoms with E-state index in [1.54, 1.807) is 17.0 Å². The van der Waals surface area contributed by atoms with E-state index >= 15 is 0 Å². The monoisotopic (exact) mass is 271 g/mol. The molecule has 0 saturated heterocycles. The Morgan fingerprint density at radius 1 is 1.33 bits per heavy atom. The Morgan fingerprint density at radius 2 is 1.94 bits per heavy atom. The molecule has 2 nitrogen and oxygen atoms in total. The molecule has 0 spiro atoms. The number of amides is 1. The van der Waals surface area contributed by atoms with Gasteiger partial charge in [0.15, 0.2) is 0 Å². The molecule has 1 rings (SSSR count). The van der Waals surface area contributed by atoms with Gasteiger partial charge in [-0.05, 0) is 25.0 Å². The van der Waals surface area contributed by atoms with Crippen molar-refractivity contribution in [2.45, 2.75) is 32.7 Å². The lowest BCUT2D eigenvalue weighted by Gasteiger charge is -2.30. The van der Waals surface area contributed by atoms with Gasteiger partial charge in [0.25, 0.3) is 5.91 Å². The Kier molecular flexibility index (Phi) is 6.13. The molecule has 4 heteroatoms. The van der Waals surface area contributed by atoms with Gasteiger partial charge in [-0.1, -0.05) is 26.0 Å². The van der Waals surface area contributed by atoms with Crippen LogP contribution in [0.4, 0.5) is 4.39 Å². The van der Waals surface area contributed by atoms with Gasteiger partial charge in [0.2, 0.25) is 0 Å². The second-order valence-electron chi connectivity index (χ2n) is 4.14. The largest absolute Gasteiger partial charge is 0.334 e. The highest BCUT2D eigenvalue weighted by molar-refractivity contribution is 6.18. The third-order valence-electron chi connectivity index (χ3n) is 3.07. The lowest BCUT2D eigenvalue weighted by molar-refractivity contribution is 0.0677. The summed E-state index contributed by atoms with van der Waals surface area (Å²) in [4.78, 5) is 14.0. The number of benzene rings is 1. The number of hydrogen-bond acceptors (Lipinski definition) is 1. The number of carbonyl (C=O) groups excluding carboxylic acids is 1. The average Bonchev–Trinajstić information content (AvgIpc) is 2.39. The van der Waals surface area contributed by atoms with E-state index in [1.807, 2.05) is 13.8 Å². The number of rotatable bonds is 6. The van der Waals surface area contributed by atoms with Gasteiger partial charge in [0.1, 0.15) is 5.82 Å². The van der Waals surface area contributed by atoms with Crippen molar-refractivity contribution in [1.82, 2.24) is 4.90 Å². The van der Waals surface area contributed by atoms with Gasteiger partial charge >= 0.3 is 0 Å². The fraction of sp³-hybridized carbons (Fsp3) is 0.500. The Bertz CT molecular complexity index is 393. The van der Waals surface area contributed by atoms with Gasteiger partial charge in [0, 0.05) is 18.5 Å². The second-order valence-corrected chi connectivity index (χ2v) is 4.52. The van der Waals surface area contributed by atoms with E-state index in [0.717, 1.165) is 12.8 Å². The van der Waals surface area contributed by atoms with Gasteiger partial charge in [-0.3, -0.25) is 4.79 Å². The first kappa shape index (κ1) is 15.0. The van der Waals surface area contributed by atoms with E-state index in [9.17, 15) is 9.18 Å². The Morgan fingerprint density at radius 3 is 2.44 bits per heavy atom. The van der Waals surface area contributed by atoms with E-state index in [2.05, 4.69) is 0 Å². The summed E-state index contributed by atoms with van der Waals surface area (Å²) in [6.45, 7) is 4.48. The van der Waals surface area contributed by atoms with E-state index in [0.29, 0.717) is 12.4 Å². The van der Waals surface area contributed by atoms with E-state index < -0.39 is 5.82 Å². The maximum Gasteiger partial charge on any atom is 0.257 e. The van der Waals surface area contributed by atoms with Crippen LogP contribution < -0.4 is 0 Å². The zero-order valence-electron chi connectivity index (χ0n) is 10.8. The minimum absolute atomic E-state index is 0.107. The number of nitrogens with zero attached hydrogens (tertiary/aromatic N) is 1. The SMILES string of the molecule is CCC(CC)N(CCCl)C(=O)c1ccccc1F. The molecule has 18 heavy (non-hydrogen) atoms. The highest BCUT2D eigenvalue weighted by atomic mass is 35.5. The van der Waals surface area contributed by atoms with Crippen LogP contribution in [0.1, 0.15) is 37.0 Å². The molecule has 0 aromatic heterocycles. The molecule has 1 aromatic carbocycles. The van der Waals surface area contributed by atoms with Crippen molar-refractivity contribution in [3.05, 3.63) is 35.6 Å². The maximum atomic E-state index is 13.6. The smallest absolute Gasteiger partial charge is 0.257 e. The molecule has 0 aliphatic rings. The predicted octanol–water partition coefficient (Wildman–Crippen LogP) is 3.70. The molecule has 0 aliphatic heterocycles. The molecule has 0 atom stereocenters. The van der Waals surface area contributed by atoms with Crippen LogP contribution in [0.2, 0.25) is 0 Å². The van der Waals surface area contributed by atoms with Crippen molar-refractivity contribution in [2.75, 3.05) is 12.4 Å². The molecular weight excluding hydrogens is 253 g/mol. The molecule has 0 unspecified atom stereocenters. The van der Waals surface area contributed by atoms with Crippen LogP contribution in [0, 0.1) is 5.82 Å². The maximum absolute atomic E-state index is 13.6. The van der Waals surface area contributed by atoms with Gasteiger partial charge < -0.3 is 4.90 Å². The van der Waals surface area contributed by atoms with Crippen LogP contribution in [0.5, 0.6) is 0 Å². The average molecular weight is 272 g/mol. The van der Waals surface area contributed by atoms with E-state index in [1.165, 1.54) is 12.1 Å². The van der Waals surface area contributed by atoms with E-state index in [-0.39, 0.29) is 17.5 Å². The van der Waals surface area contributed by atoms with Crippen LogP contribution in [0.3, 0.4) is 0 Å². The molecule has 1 aromatic rings. The van der Waals surface area contributed by atoms with Crippen molar-refractivity contribution in [3.8, 4) is 0 Å². The summed E-state index contributed by atoms with van der Waals surface area (Å²) in [5, 5.41) is 0. The number of carbonyl (C=O) groups is 1. The lowest BCUT2D eigenvalue weighted by atomic mass is 10.1. The van der Waals surface area contributed by atoms with Gasteiger partial charge in [-0.2, -0.15) is 0 Å². The Labute approximate surface area is 113 Å². The van der Waals surface area contributed by atoms with Crippen LogP contribution in [0.15, 0.2) is 24.3 Å². The van der Waals surface area contributed by atoms with Crippen molar-refractivity contribution in [3.63, 3.8) is 0 Å². The van der Waals surface area contributed by atoms with Crippen molar-refractivity contribution < 1.29 is 9.18 Å². The Balaban J connectivity index is 2.99. The lowest BCUT2D eigenvalue weighted by Crippen LogP contribution is -2.41. The predicted molar refractivity (Wildman–Crippen MR) is 72.5 cm³/mol.